The number of thioether (sulfide) groups is 1. The van der Waals surface area contributed by atoms with Crippen LogP contribution in [0.4, 0.5) is 0 Å². The molecule has 0 radical (unpaired) electrons. The molecule has 10 heteroatoms. The molecule has 210 valence electrons. The lowest BCUT2D eigenvalue weighted by atomic mass is 9.78. The molecular formula is C28H41N3O6S. The van der Waals surface area contributed by atoms with Crippen molar-refractivity contribution in [3.63, 3.8) is 0 Å². The highest BCUT2D eigenvalue weighted by molar-refractivity contribution is 8.02. The van der Waals surface area contributed by atoms with Gasteiger partial charge in [0.2, 0.25) is 11.8 Å². The molecule has 0 aliphatic carbocycles. The second-order valence-electron chi connectivity index (χ2n) is 11.4. The van der Waals surface area contributed by atoms with E-state index in [1.807, 2.05) is 23.1 Å². The van der Waals surface area contributed by atoms with Crippen LogP contribution < -0.4 is 0 Å². The van der Waals surface area contributed by atoms with E-state index in [0.29, 0.717) is 39.3 Å². The molecule has 6 atom stereocenters. The van der Waals surface area contributed by atoms with Crippen LogP contribution in [0.15, 0.2) is 24.3 Å². The van der Waals surface area contributed by atoms with Crippen LogP contribution in [0, 0.1) is 17.8 Å². The SMILES string of the molecule is CC(C)C[C@H](CO)N1C(=O)[C@@H]2[C@@H]3C(=O)OCCC/C=C\[C@@H]3S[C@@]23C=CCN(CCN2CCOCC2)C(=O)C13. The zero-order valence-corrected chi connectivity index (χ0v) is 23.3. The molecule has 0 aromatic heterocycles. The summed E-state index contributed by atoms with van der Waals surface area (Å²) in [7, 11) is 0. The lowest BCUT2D eigenvalue weighted by molar-refractivity contribution is -0.153. The Morgan fingerprint density at radius 2 is 1.89 bits per heavy atom. The van der Waals surface area contributed by atoms with E-state index in [9.17, 15) is 19.5 Å². The first-order valence-corrected chi connectivity index (χ1v) is 15.0. The number of fused-ring (bicyclic) bond motifs is 2. The van der Waals surface area contributed by atoms with Crippen molar-refractivity contribution >= 4 is 29.5 Å². The van der Waals surface area contributed by atoms with Crippen LogP contribution in [0.3, 0.4) is 0 Å². The number of ether oxygens (including phenoxy) is 2. The standard InChI is InChI=1S/C28H41N3O6S/c1-19(2)17-20(18-32)31-24-26(34)30(11-10-29-12-15-36-16-13-29)9-6-8-28(24)23(25(31)33)22-21(38-28)7-4-3-5-14-37-27(22)35/h4,6-8,19-24,32H,3,5,9-18H2,1-2H3/b7-4-/t20-,21+,22-,23+,24?,28+/m1/s1. The van der Waals surface area contributed by atoms with Gasteiger partial charge in [0.25, 0.3) is 0 Å². The molecule has 0 aromatic carbocycles. The summed E-state index contributed by atoms with van der Waals surface area (Å²) in [5, 5.41) is 10.2. The van der Waals surface area contributed by atoms with Crippen molar-refractivity contribution in [2.24, 2.45) is 17.8 Å². The first-order chi connectivity index (χ1) is 18.4. The van der Waals surface area contributed by atoms with Gasteiger partial charge in [-0.3, -0.25) is 19.3 Å². The van der Waals surface area contributed by atoms with Gasteiger partial charge < -0.3 is 24.4 Å². The summed E-state index contributed by atoms with van der Waals surface area (Å²) in [6.07, 6.45) is 10.3. The van der Waals surface area contributed by atoms with E-state index in [1.165, 1.54) is 0 Å². The minimum absolute atomic E-state index is 0.0994. The third-order valence-electron chi connectivity index (χ3n) is 8.51. The predicted molar refractivity (Wildman–Crippen MR) is 144 cm³/mol. The smallest absolute Gasteiger partial charge is 0.311 e. The summed E-state index contributed by atoms with van der Waals surface area (Å²) < 4.78 is 10.2. The zero-order chi connectivity index (χ0) is 26.9. The van der Waals surface area contributed by atoms with Gasteiger partial charge in [0.1, 0.15) is 6.04 Å². The molecular weight excluding hydrogens is 506 g/mol. The lowest BCUT2D eigenvalue weighted by Crippen LogP contribution is -2.57. The fourth-order valence-corrected chi connectivity index (χ4v) is 8.73. The Labute approximate surface area is 229 Å². The van der Waals surface area contributed by atoms with Crippen LogP contribution in [0.2, 0.25) is 0 Å². The van der Waals surface area contributed by atoms with Crippen molar-refractivity contribution in [2.45, 2.75) is 55.2 Å². The number of carbonyl (C=O) groups excluding carboxylic acids is 3. The van der Waals surface area contributed by atoms with E-state index in [-0.39, 0.29) is 35.6 Å². The van der Waals surface area contributed by atoms with Crippen molar-refractivity contribution in [2.75, 3.05) is 59.2 Å². The number of allylic oxidation sites excluding steroid dienone is 1. The van der Waals surface area contributed by atoms with E-state index >= 15 is 0 Å². The minimum Gasteiger partial charge on any atom is -0.465 e. The molecule has 5 aliphatic heterocycles. The summed E-state index contributed by atoms with van der Waals surface area (Å²) in [6, 6.07) is -1.27. The summed E-state index contributed by atoms with van der Waals surface area (Å²) in [6.45, 7) is 9.02. The molecule has 5 heterocycles. The van der Waals surface area contributed by atoms with Crippen molar-refractivity contribution < 1.29 is 29.0 Å². The van der Waals surface area contributed by atoms with Crippen molar-refractivity contribution in [3.8, 4) is 0 Å². The molecule has 1 unspecified atom stereocenters. The van der Waals surface area contributed by atoms with Gasteiger partial charge in [-0.15, -0.1) is 11.8 Å². The molecule has 0 saturated carbocycles. The maximum absolute atomic E-state index is 14.4. The highest BCUT2D eigenvalue weighted by Gasteiger charge is 2.71. The molecule has 5 rings (SSSR count). The number of carbonyl (C=O) groups is 3. The summed E-state index contributed by atoms with van der Waals surface area (Å²) in [4.78, 5) is 47.9. The van der Waals surface area contributed by atoms with Gasteiger partial charge in [0, 0.05) is 38.0 Å². The van der Waals surface area contributed by atoms with Crippen LogP contribution in [0.25, 0.3) is 0 Å². The topological polar surface area (TPSA) is 99.6 Å². The molecule has 3 saturated heterocycles. The Morgan fingerprint density at radius 1 is 1.11 bits per heavy atom. The van der Waals surface area contributed by atoms with Gasteiger partial charge in [-0.2, -0.15) is 0 Å². The summed E-state index contributed by atoms with van der Waals surface area (Å²) in [5.74, 6) is -1.82. The molecule has 1 spiro atoms. The molecule has 3 fully saturated rings. The number of aliphatic hydroxyl groups excluding tert-OH is 1. The molecule has 2 amide bonds. The first kappa shape index (κ1) is 27.7. The zero-order valence-electron chi connectivity index (χ0n) is 22.5. The molecule has 9 nitrogen and oxygen atoms in total. The lowest BCUT2D eigenvalue weighted by Gasteiger charge is -2.39. The molecule has 0 bridgehead atoms. The molecule has 1 N–H and O–H groups in total. The first-order valence-electron chi connectivity index (χ1n) is 14.1. The Kier molecular flexibility index (Phi) is 8.52. The molecule has 0 aromatic rings. The second kappa shape index (κ2) is 11.7. The third-order valence-corrected chi connectivity index (χ3v) is 10.3. The van der Waals surface area contributed by atoms with Gasteiger partial charge >= 0.3 is 5.97 Å². The van der Waals surface area contributed by atoms with Crippen LogP contribution in [-0.4, -0.2) is 119 Å². The predicted octanol–water partition coefficient (Wildman–Crippen LogP) is 1.31. The van der Waals surface area contributed by atoms with Crippen molar-refractivity contribution in [1.82, 2.24) is 14.7 Å². The van der Waals surface area contributed by atoms with Crippen LogP contribution in [0.5, 0.6) is 0 Å². The average Bonchev–Trinajstić information content (AvgIpc) is 3.32. The fraction of sp³-hybridized carbons (Fsp3) is 0.750. The van der Waals surface area contributed by atoms with Gasteiger partial charge in [-0.1, -0.05) is 38.2 Å². The van der Waals surface area contributed by atoms with Gasteiger partial charge in [0.15, 0.2) is 0 Å². The highest BCUT2D eigenvalue weighted by atomic mass is 32.2. The normalized spacial score (nSPS) is 35.6. The number of rotatable bonds is 7. The fourth-order valence-electron chi connectivity index (χ4n) is 6.74. The number of hydrogen-bond donors (Lipinski definition) is 1. The summed E-state index contributed by atoms with van der Waals surface area (Å²) >= 11 is 1.56. The third kappa shape index (κ3) is 5.05. The molecule has 5 aliphatic rings. The highest BCUT2D eigenvalue weighted by Crippen LogP contribution is 2.61. The van der Waals surface area contributed by atoms with E-state index < -0.39 is 28.7 Å². The monoisotopic (exact) mass is 547 g/mol. The number of cyclic esters (lactones) is 1. The van der Waals surface area contributed by atoms with Crippen molar-refractivity contribution in [3.05, 3.63) is 24.3 Å². The van der Waals surface area contributed by atoms with E-state index in [1.54, 1.807) is 16.7 Å². The second-order valence-corrected chi connectivity index (χ2v) is 12.9. The Morgan fingerprint density at radius 3 is 2.63 bits per heavy atom. The maximum atomic E-state index is 14.4. The van der Waals surface area contributed by atoms with E-state index in [0.717, 1.165) is 32.5 Å². The summed E-state index contributed by atoms with van der Waals surface area (Å²) in [5.41, 5.74) is 0. The maximum Gasteiger partial charge on any atom is 0.311 e. The average molecular weight is 548 g/mol. The molecule has 38 heavy (non-hydrogen) atoms. The number of amides is 2. The van der Waals surface area contributed by atoms with Crippen LogP contribution in [-0.2, 0) is 23.9 Å². The number of nitrogens with zero attached hydrogens (tertiary/aromatic N) is 3. The number of likely N-dealkylation sites (tertiary alicyclic amines) is 1. The quantitative estimate of drug-likeness (QED) is 0.376. The van der Waals surface area contributed by atoms with Crippen LogP contribution in [0.1, 0.15) is 33.1 Å². The number of hydrogen-bond acceptors (Lipinski definition) is 8. The Hall–Kier alpha value is -1.88. The van der Waals surface area contributed by atoms with E-state index in [4.69, 9.17) is 9.47 Å². The van der Waals surface area contributed by atoms with Gasteiger partial charge in [-0.25, -0.2) is 0 Å². The number of morpholine rings is 1. The Balaban J connectivity index is 1.51. The van der Waals surface area contributed by atoms with Crippen LogP contribution >= 0.6 is 11.8 Å². The van der Waals surface area contributed by atoms with Gasteiger partial charge in [0.05, 0.1) is 49.1 Å². The Bertz CT molecular complexity index is 966. The largest absolute Gasteiger partial charge is 0.465 e. The number of esters is 1. The van der Waals surface area contributed by atoms with Gasteiger partial charge in [-0.05, 0) is 25.2 Å². The van der Waals surface area contributed by atoms with Crippen molar-refractivity contribution in [1.29, 1.82) is 0 Å². The number of aliphatic hydroxyl groups is 1. The van der Waals surface area contributed by atoms with E-state index in [2.05, 4.69) is 24.8 Å². The minimum atomic E-state index is -0.885.